The van der Waals surface area contributed by atoms with Gasteiger partial charge in [-0.15, -0.1) is 0 Å². The first-order valence-corrected chi connectivity index (χ1v) is 12.6. The molecule has 1 aromatic carbocycles. The maximum absolute atomic E-state index is 13.4. The third-order valence-corrected chi connectivity index (χ3v) is 6.88. The Kier molecular flexibility index (Phi) is 7.76. The van der Waals surface area contributed by atoms with Crippen molar-refractivity contribution in [3.8, 4) is 5.75 Å². The van der Waals surface area contributed by atoms with E-state index < -0.39 is 23.5 Å². The molecule has 0 saturated carbocycles. The zero-order chi connectivity index (χ0) is 25.7. The van der Waals surface area contributed by atoms with Crippen molar-refractivity contribution in [1.82, 2.24) is 15.2 Å². The lowest BCUT2D eigenvalue weighted by Gasteiger charge is -2.23. The molecule has 4 rings (SSSR count). The zero-order valence-electron chi connectivity index (χ0n) is 21.2. The summed E-state index contributed by atoms with van der Waals surface area (Å²) in [7, 11) is 1.60. The van der Waals surface area contributed by atoms with Crippen LogP contribution < -0.4 is 10.1 Å². The van der Waals surface area contributed by atoms with Crippen molar-refractivity contribution in [3.05, 3.63) is 54.0 Å². The molecule has 0 aliphatic carbocycles. The van der Waals surface area contributed by atoms with Crippen molar-refractivity contribution in [2.24, 2.45) is 5.10 Å². The Hall–Kier alpha value is -3.62. The number of rotatable bonds is 11. The van der Waals surface area contributed by atoms with Crippen LogP contribution >= 0.6 is 0 Å². The number of hydrogen-bond acceptors (Lipinski definition) is 6. The summed E-state index contributed by atoms with van der Waals surface area (Å²) >= 11 is 0. The molecule has 0 bridgehead atoms. The number of hydrogen-bond donors (Lipinski definition) is 1. The standard InChI is InChI=1S/C27H34N4O5/c1-4-5-6-7-8-15-27(2)25(33)30(26(34)28-27)18-24(32)31-22(23-10-9-16-36-23)17-21(29-31)19-11-13-20(35-3)14-12-19/h9-14,16,22H,4-8,15,17-18H2,1-3H3,(H,28,34). The Labute approximate surface area is 211 Å². The van der Waals surface area contributed by atoms with Crippen LogP contribution in [0.5, 0.6) is 5.75 Å². The fourth-order valence-electron chi connectivity index (χ4n) is 4.75. The second-order valence-electron chi connectivity index (χ2n) is 9.57. The van der Waals surface area contributed by atoms with Crippen LogP contribution in [0.25, 0.3) is 0 Å². The molecule has 1 saturated heterocycles. The molecule has 2 aliphatic rings. The summed E-state index contributed by atoms with van der Waals surface area (Å²) in [6.45, 7) is 3.50. The molecule has 2 aromatic rings. The van der Waals surface area contributed by atoms with Gasteiger partial charge in [-0.05, 0) is 55.3 Å². The second kappa shape index (κ2) is 11.0. The second-order valence-corrected chi connectivity index (χ2v) is 9.57. The topological polar surface area (TPSA) is 104 Å². The fraction of sp³-hybridized carbons (Fsp3) is 0.481. The van der Waals surface area contributed by atoms with E-state index in [1.807, 2.05) is 24.3 Å². The number of imide groups is 1. The third kappa shape index (κ3) is 5.29. The summed E-state index contributed by atoms with van der Waals surface area (Å²) in [5.41, 5.74) is 0.571. The molecule has 3 heterocycles. The first kappa shape index (κ1) is 25.5. The van der Waals surface area contributed by atoms with Crippen LogP contribution in [-0.4, -0.2) is 52.7 Å². The number of urea groups is 1. The van der Waals surface area contributed by atoms with Gasteiger partial charge in [0.05, 0.1) is 19.1 Å². The molecule has 36 heavy (non-hydrogen) atoms. The van der Waals surface area contributed by atoms with Crippen LogP contribution in [0, 0.1) is 0 Å². The van der Waals surface area contributed by atoms with Crippen LogP contribution in [0.2, 0.25) is 0 Å². The molecular formula is C27H34N4O5. The van der Waals surface area contributed by atoms with Gasteiger partial charge in [0.25, 0.3) is 11.8 Å². The predicted octanol–water partition coefficient (Wildman–Crippen LogP) is 4.64. The molecule has 2 atom stereocenters. The minimum Gasteiger partial charge on any atom is -0.497 e. The van der Waals surface area contributed by atoms with E-state index in [4.69, 9.17) is 9.15 Å². The number of nitrogens with zero attached hydrogens (tertiary/aromatic N) is 3. The molecule has 9 heteroatoms. The zero-order valence-corrected chi connectivity index (χ0v) is 21.2. The number of furan rings is 1. The summed E-state index contributed by atoms with van der Waals surface area (Å²) in [6.07, 6.45) is 7.79. The quantitative estimate of drug-likeness (QED) is 0.362. The molecule has 0 spiro atoms. The lowest BCUT2D eigenvalue weighted by atomic mass is 9.94. The molecule has 2 unspecified atom stereocenters. The van der Waals surface area contributed by atoms with Gasteiger partial charge >= 0.3 is 6.03 Å². The van der Waals surface area contributed by atoms with E-state index in [0.717, 1.165) is 48.3 Å². The van der Waals surface area contributed by atoms with Gasteiger partial charge in [0.1, 0.15) is 29.6 Å². The number of carbonyl (C=O) groups is 3. The Morgan fingerprint density at radius 2 is 1.92 bits per heavy atom. The van der Waals surface area contributed by atoms with E-state index in [9.17, 15) is 14.4 Å². The van der Waals surface area contributed by atoms with E-state index in [2.05, 4.69) is 17.3 Å². The maximum Gasteiger partial charge on any atom is 0.325 e. The monoisotopic (exact) mass is 494 g/mol. The summed E-state index contributed by atoms with van der Waals surface area (Å²) in [4.78, 5) is 40.3. The highest BCUT2D eigenvalue weighted by atomic mass is 16.5. The van der Waals surface area contributed by atoms with Crippen LogP contribution in [0.15, 0.2) is 52.2 Å². The summed E-state index contributed by atoms with van der Waals surface area (Å²) in [5, 5.41) is 8.72. The van der Waals surface area contributed by atoms with Crippen molar-refractivity contribution in [2.45, 2.75) is 70.4 Å². The molecule has 192 valence electrons. The number of ether oxygens (including phenoxy) is 1. The number of hydrazone groups is 1. The molecule has 1 fully saturated rings. The van der Waals surface area contributed by atoms with Gasteiger partial charge in [0.15, 0.2) is 0 Å². The van der Waals surface area contributed by atoms with Gasteiger partial charge in [-0.3, -0.25) is 14.5 Å². The average molecular weight is 495 g/mol. The van der Waals surface area contributed by atoms with Crippen LogP contribution in [0.3, 0.4) is 0 Å². The van der Waals surface area contributed by atoms with Crippen molar-refractivity contribution in [1.29, 1.82) is 0 Å². The van der Waals surface area contributed by atoms with E-state index in [1.165, 1.54) is 5.01 Å². The van der Waals surface area contributed by atoms with Gasteiger partial charge in [0, 0.05) is 6.42 Å². The highest BCUT2D eigenvalue weighted by Crippen LogP contribution is 2.34. The molecule has 1 N–H and O–H groups in total. The minimum atomic E-state index is -0.994. The van der Waals surface area contributed by atoms with E-state index >= 15 is 0 Å². The number of nitrogens with one attached hydrogen (secondary N) is 1. The minimum absolute atomic E-state index is 0.371. The van der Waals surface area contributed by atoms with Crippen molar-refractivity contribution >= 4 is 23.6 Å². The molecule has 0 radical (unpaired) electrons. The predicted molar refractivity (Wildman–Crippen MR) is 134 cm³/mol. The Morgan fingerprint density at radius 3 is 2.58 bits per heavy atom. The highest BCUT2D eigenvalue weighted by molar-refractivity contribution is 6.09. The van der Waals surface area contributed by atoms with E-state index in [0.29, 0.717) is 24.3 Å². The summed E-state index contributed by atoms with van der Waals surface area (Å²) in [5.74, 6) is 0.490. The van der Waals surface area contributed by atoms with Gasteiger partial charge in [-0.2, -0.15) is 5.10 Å². The van der Waals surface area contributed by atoms with Gasteiger partial charge in [0.2, 0.25) is 0 Å². The maximum atomic E-state index is 13.4. The average Bonchev–Trinajstić information content (AvgIpc) is 3.60. The number of carbonyl (C=O) groups excluding carboxylic acids is 3. The smallest absolute Gasteiger partial charge is 0.325 e. The highest BCUT2D eigenvalue weighted by Gasteiger charge is 2.48. The molecule has 2 aliphatic heterocycles. The lowest BCUT2D eigenvalue weighted by Crippen LogP contribution is -2.45. The SMILES string of the molecule is CCCCCCCC1(C)NC(=O)N(CC(=O)N2N=C(c3ccc(OC)cc3)CC2c2ccco2)C1=O. The van der Waals surface area contributed by atoms with Crippen LogP contribution in [-0.2, 0) is 9.59 Å². The van der Waals surface area contributed by atoms with Gasteiger partial charge < -0.3 is 14.5 Å². The number of amides is 4. The largest absolute Gasteiger partial charge is 0.497 e. The van der Waals surface area contributed by atoms with E-state index in [-0.39, 0.29) is 12.5 Å². The van der Waals surface area contributed by atoms with Gasteiger partial charge in [-0.1, -0.05) is 39.0 Å². The number of methoxy groups -OCH3 is 1. The Morgan fingerprint density at radius 1 is 1.17 bits per heavy atom. The summed E-state index contributed by atoms with van der Waals surface area (Å²) in [6, 6.07) is 9.98. The normalized spacial score (nSPS) is 21.6. The van der Waals surface area contributed by atoms with E-state index in [1.54, 1.807) is 32.4 Å². The number of unbranched alkanes of at least 4 members (excludes halogenated alkanes) is 4. The number of benzene rings is 1. The Balaban J connectivity index is 1.48. The van der Waals surface area contributed by atoms with Crippen LogP contribution in [0.1, 0.15) is 76.2 Å². The molecule has 9 nitrogen and oxygen atoms in total. The van der Waals surface area contributed by atoms with Crippen molar-refractivity contribution in [3.63, 3.8) is 0 Å². The molecule has 4 amide bonds. The lowest BCUT2D eigenvalue weighted by molar-refractivity contribution is -0.140. The fourth-order valence-corrected chi connectivity index (χ4v) is 4.75. The van der Waals surface area contributed by atoms with Crippen molar-refractivity contribution < 1.29 is 23.5 Å². The molecular weight excluding hydrogens is 460 g/mol. The first-order valence-electron chi connectivity index (χ1n) is 12.6. The van der Waals surface area contributed by atoms with Gasteiger partial charge in [-0.25, -0.2) is 9.80 Å². The van der Waals surface area contributed by atoms with Crippen molar-refractivity contribution in [2.75, 3.05) is 13.7 Å². The summed E-state index contributed by atoms with van der Waals surface area (Å²) < 4.78 is 10.8. The van der Waals surface area contributed by atoms with Crippen LogP contribution in [0.4, 0.5) is 4.79 Å². The molecule has 1 aromatic heterocycles. The first-order chi connectivity index (χ1) is 17.4. The Bertz CT molecular complexity index is 1110. The third-order valence-electron chi connectivity index (χ3n) is 6.88.